The highest BCUT2D eigenvalue weighted by molar-refractivity contribution is 7.09. The smallest absolute Gasteiger partial charge is 0.422 e. The molecule has 4 rings (SSSR count). The fourth-order valence-corrected chi connectivity index (χ4v) is 3.56. The zero-order chi connectivity index (χ0) is 21.5. The molecule has 0 aromatic carbocycles. The van der Waals surface area contributed by atoms with Gasteiger partial charge in [-0.2, -0.15) is 22.6 Å². The summed E-state index contributed by atoms with van der Waals surface area (Å²) >= 11 is 1.35. The molecule has 1 N–H and O–H groups in total. The number of rotatable bonds is 5. The molecule has 4 heterocycles. The van der Waals surface area contributed by atoms with Gasteiger partial charge >= 0.3 is 12.0 Å². The number of alkyl halides is 3. The second-order valence-electron chi connectivity index (χ2n) is 6.15. The quantitative estimate of drug-likeness (QED) is 0.366. The highest BCUT2D eigenvalue weighted by atomic mass is 32.1. The molecule has 0 radical (unpaired) electrons. The van der Waals surface area contributed by atoms with Crippen LogP contribution in [0.3, 0.4) is 0 Å². The van der Waals surface area contributed by atoms with Crippen LogP contribution in [0.2, 0.25) is 0 Å². The first-order valence-corrected chi connectivity index (χ1v) is 9.24. The predicted molar refractivity (Wildman–Crippen MR) is 100 cm³/mol. The number of carbonyl (C=O) groups excluding carboxylic acids is 1. The van der Waals surface area contributed by atoms with E-state index in [9.17, 15) is 28.1 Å². The first kappa shape index (κ1) is 19.6. The molecule has 12 heteroatoms. The second-order valence-corrected chi connectivity index (χ2v) is 7.18. The zero-order valence-corrected chi connectivity index (χ0v) is 15.7. The topological polar surface area (TPSA) is 103 Å². The molecule has 4 aromatic rings. The lowest BCUT2D eigenvalue weighted by Crippen LogP contribution is -2.23. The first-order chi connectivity index (χ1) is 14.3. The Bertz CT molecular complexity index is 1230. The van der Waals surface area contributed by atoms with Crippen LogP contribution in [0.25, 0.3) is 16.8 Å². The van der Waals surface area contributed by atoms with Gasteiger partial charge < -0.3 is 19.8 Å². The zero-order valence-electron chi connectivity index (χ0n) is 14.8. The van der Waals surface area contributed by atoms with Crippen molar-refractivity contribution in [2.24, 2.45) is 0 Å². The van der Waals surface area contributed by atoms with Crippen LogP contribution in [0.15, 0.2) is 52.8 Å². The van der Waals surface area contributed by atoms with Crippen molar-refractivity contribution >= 4 is 28.7 Å². The van der Waals surface area contributed by atoms with Crippen LogP contribution < -0.4 is 5.32 Å². The van der Waals surface area contributed by atoms with E-state index in [-0.39, 0.29) is 17.7 Å². The minimum Gasteiger partial charge on any atom is -0.472 e. The summed E-state index contributed by atoms with van der Waals surface area (Å²) in [6.45, 7) is 0.0634. The number of halogens is 3. The molecule has 0 aliphatic carbocycles. The van der Waals surface area contributed by atoms with E-state index in [1.165, 1.54) is 29.9 Å². The van der Waals surface area contributed by atoms with E-state index in [2.05, 4.69) is 10.3 Å². The van der Waals surface area contributed by atoms with Gasteiger partial charge in [-0.05, 0) is 28.5 Å². The van der Waals surface area contributed by atoms with E-state index in [0.717, 1.165) is 17.1 Å². The van der Waals surface area contributed by atoms with Gasteiger partial charge in [0.05, 0.1) is 19.1 Å². The van der Waals surface area contributed by atoms with Crippen molar-refractivity contribution in [3.63, 3.8) is 0 Å². The number of nitrogens with one attached hydrogen (secondary N) is 1. The standard InChI is InChI=1S/C18H11F3N4O4S/c19-18(20,21)13-6-11(10-3-4-29-9-10)8-24-15(13)23-14(17(24)25(27)28)16(26)22-7-12-2-1-5-30-12/h1-6,8-9H,7H2,(H,22,26). The Morgan fingerprint density at radius 3 is 2.73 bits per heavy atom. The number of hydrogen-bond acceptors (Lipinski definition) is 6. The highest BCUT2D eigenvalue weighted by Gasteiger charge is 2.40. The molecule has 8 nitrogen and oxygen atoms in total. The largest absolute Gasteiger partial charge is 0.472 e. The van der Waals surface area contributed by atoms with Crippen molar-refractivity contribution < 1.29 is 27.3 Å². The summed E-state index contributed by atoms with van der Waals surface area (Å²) in [5.41, 5.74) is -2.33. The van der Waals surface area contributed by atoms with Crippen LogP contribution >= 0.6 is 11.3 Å². The number of furan rings is 1. The average Bonchev–Trinajstić information content (AvgIpc) is 3.44. The Kier molecular flexibility index (Phi) is 4.78. The number of fused-ring (bicyclic) bond motifs is 1. The summed E-state index contributed by atoms with van der Waals surface area (Å²) in [6, 6.07) is 5.72. The molecule has 0 aliphatic heterocycles. The van der Waals surface area contributed by atoms with Crippen LogP contribution in [0.4, 0.5) is 19.0 Å². The summed E-state index contributed by atoms with van der Waals surface area (Å²) in [5, 5.41) is 15.9. The lowest BCUT2D eigenvalue weighted by atomic mass is 10.1. The van der Waals surface area contributed by atoms with Gasteiger partial charge in [-0.25, -0.2) is 0 Å². The number of imidazole rings is 1. The van der Waals surface area contributed by atoms with Gasteiger partial charge in [-0.15, -0.1) is 11.3 Å². The molecular weight excluding hydrogens is 425 g/mol. The molecule has 0 bridgehead atoms. The lowest BCUT2D eigenvalue weighted by molar-refractivity contribution is -0.390. The number of nitro groups is 1. The Labute approximate surface area is 169 Å². The molecule has 154 valence electrons. The van der Waals surface area contributed by atoms with Crippen LogP contribution in [0, 0.1) is 10.1 Å². The number of pyridine rings is 1. The lowest BCUT2D eigenvalue weighted by Gasteiger charge is -2.08. The van der Waals surface area contributed by atoms with E-state index in [1.54, 1.807) is 17.5 Å². The van der Waals surface area contributed by atoms with Gasteiger partial charge in [0.25, 0.3) is 5.91 Å². The monoisotopic (exact) mass is 436 g/mol. The molecule has 0 atom stereocenters. The predicted octanol–water partition coefficient (Wildman–Crippen LogP) is 4.51. The SMILES string of the molecule is O=C(NCc1cccs1)c1nc2c(C(F)(F)F)cc(-c3ccoc3)cn2c1[N+](=O)[O-]. The number of carbonyl (C=O) groups is 1. The first-order valence-electron chi connectivity index (χ1n) is 8.36. The van der Waals surface area contributed by atoms with Crippen molar-refractivity contribution in [1.29, 1.82) is 0 Å². The highest BCUT2D eigenvalue weighted by Crippen LogP contribution is 2.37. The minimum atomic E-state index is -4.86. The normalized spacial score (nSPS) is 11.7. The average molecular weight is 436 g/mol. The number of thiophene rings is 1. The van der Waals surface area contributed by atoms with E-state index < -0.39 is 39.7 Å². The molecule has 4 aromatic heterocycles. The third-order valence-corrected chi connectivity index (χ3v) is 5.12. The Balaban J connectivity index is 1.88. The number of nitrogens with zero attached hydrogens (tertiary/aromatic N) is 3. The molecule has 0 fully saturated rings. The van der Waals surface area contributed by atoms with Crippen molar-refractivity contribution in [3.05, 3.63) is 74.6 Å². The van der Waals surface area contributed by atoms with E-state index in [4.69, 9.17) is 4.42 Å². The van der Waals surface area contributed by atoms with E-state index >= 15 is 0 Å². The molecule has 0 saturated heterocycles. The number of aromatic nitrogens is 2. The number of amides is 1. The van der Waals surface area contributed by atoms with Crippen LogP contribution in [-0.4, -0.2) is 20.2 Å². The molecule has 0 saturated carbocycles. The van der Waals surface area contributed by atoms with E-state index in [1.807, 2.05) is 0 Å². The van der Waals surface area contributed by atoms with Gasteiger partial charge in [0, 0.05) is 16.0 Å². The Hall–Kier alpha value is -3.67. The van der Waals surface area contributed by atoms with Gasteiger partial charge in [-0.1, -0.05) is 6.07 Å². The maximum absolute atomic E-state index is 13.7. The summed E-state index contributed by atoms with van der Waals surface area (Å²) < 4.78 is 46.6. The molecular formula is C18H11F3N4O4S. The van der Waals surface area contributed by atoms with Crippen molar-refractivity contribution in [2.75, 3.05) is 0 Å². The van der Waals surface area contributed by atoms with Gasteiger partial charge in [-0.3, -0.25) is 4.79 Å². The van der Waals surface area contributed by atoms with Gasteiger partial charge in [0.2, 0.25) is 11.3 Å². The van der Waals surface area contributed by atoms with Crippen LogP contribution in [-0.2, 0) is 12.7 Å². The fourth-order valence-electron chi connectivity index (χ4n) is 2.92. The van der Waals surface area contributed by atoms with Gasteiger partial charge in [0.1, 0.15) is 11.8 Å². The van der Waals surface area contributed by atoms with Crippen molar-refractivity contribution in [2.45, 2.75) is 12.7 Å². The molecule has 0 spiro atoms. The third kappa shape index (κ3) is 3.52. The molecule has 0 unspecified atom stereocenters. The van der Waals surface area contributed by atoms with Crippen LogP contribution in [0.1, 0.15) is 20.9 Å². The summed E-state index contributed by atoms with van der Waals surface area (Å²) in [5.74, 6) is -1.80. The maximum Gasteiger partial charge on any atom is 0.422 e. The van der Waals surface area contributed by atoms with Gasteiger partial charge in [0.15, 0.2) is 0 Å². The third-order valence-electron chi connectivity index (χ3n) is 4.25. The molecule has 30 heavy (non-hydrogen) atoms. The Morgan fingerprint density at radius 2 is 2.13 bits per heavy atom. The summed E-state index contributed by atoms with van der Waals surface area (Å²) in [7, 11) is 0. The molecule has 0 aliphatic rings. The summed E-state index contributed by atoms with van der Waals surface area (Å²) in [4.78, 5) is 27.7. The molecule has 1 amide bonds. The van der Waals surface area contributed by atoms with Crippen molar-refractivity contribution in [1.82, 2.24) is 14.7 Å². The Morgan fingerprint density at radius 1 is 1.33 bits per heavy atom. The fraction of sp³-hybridized carbons (Fsp3) is 0.111. The van der Waals surface area contributed by atoms with Crippen LogP contribution in [0.5, 0.6) is 0 Å². The number of hydrogen-bond donors (Lipinski definition) is 1. The van der Waals surface area contributed by atoms with E-state index in [0.29, 0.717) is 4.40 Å². The second kappa shape index (κ2) is 7.30. The maximum atomic E-state index is 13.7. The minimum absolute atomic E-state index is 0.0228. The van der Waals surface area contributed by atoms with Crippen molar-refractivity contribution in [3.8, 4) is 11.1 Å². The summed E-state index contributed by atoms with van der Waals surface area (Å²) in [6.07, 6.45) is -1.27.